The minimum atomic E-state index is -3.04. The normalized spacial score (nSPS) is 22.2. The Hall–Kier alpha value is -1.61. The van der Waals surface area contributed by atoms with Gasteiger partial charge < -0.3 is 4.57 Å². The number of rotatable bonds is 1. The molecule has 0 spiro atoms. The average molecular weight is 252 g/mol. The van der Waals surface area contributed by atoms with Crippen molar-refractivity contribution in [1.29, 1.82) is 5.26 Å². The highest BCUT2D eigenvalue weighted by molar-refractivity contribution is 7.91. The molecule has 90 valence electrons. The molecule has 5 nitrogen and oxygen atoms in total. The summed E-state index contributed by atoms with van der Waals surface area (Å²) in [4.78, 5) is 12.0. The predicted molar refractivity (Wildman–Crippen MR) is 62.5 cm³/mol. The molecule has 6 heteroatoms. The Bertz CT molecular complexity index is 652. The molecule has 1 atom stereocenters. The van der Waals surface area contributed by atoms with E-state index in [1.807, 2.05) is 6.07 Å². The van der Waals surface area contributed by atoms with E-state index in [9.17, 15) is 13.2 Å². The summed E-state index contributed by atoms with van der Waals surface area (Å²) in [5.74, 6) is 0.100. The highest BCUT2D eigenvalue weighted by atomic mass is 32.2. The number of pyridine rings is 1. The van der Waals surface area contributed by atoms with Crippen LogP contribution in [0.5, 0.6) is 0 Å². The van der Waals surface area contributed by atoms with Crippen molar-refractivity contribution in [2.24, 2.45) is 0 Å². The molecule has 2 rings (SSSR count). The number of nitrogens with zero attached hydrogens (tertiary/aromatic N) is 2. The van der Waals surface area contributed by atoms with Crippen LogP contribution in [-0.2, 0) is 9.84 Å². The van der Waals surface area contributed by atoms with Gasteiger partial charge >= 0.3 is 0 Å². The minimum absolute atomic E-state index is 0.0113. The first-order valence-corrected chi connectivity index (χ1v) is 7.09. The van der Waals surface area contributed by atoms with E-state index in [2.05, 4.69) is 0 Å². The molecule has 0 radical (unpaired) electrons. The predicted octanol–water partition coefficient (Wildman–Crippen LogP) is 0.388. The molecule has 1 aromatic heterocycles. The lowest BCUT2D eigenvalue weighted by molar-refractivity contribution is 0.525. The van der Waals surface area contributed by atoms with Crippen molar-refractivity contribution >= 4 is 9.84 Å². The number of sulfone groups is 1. The molecule has 0 bridgehead atoms. The molecule has 0 N–H and O–H groups in total. The molecule has 1 aliphatic rings. The van der Waals surface area contributed by atoms with Gasteiger partial charge in [0.05, 0.1) is 17.5 Å². The highest BCUT2D eigenvalue weighted by Crippen LogP contribution is 2.23. The third kappa shape index (κ3) is 2.11. The Morgan fingerprint density at radius 1 is 1.47 bits per heavy atom. The van der Waals surface area contributed by atoms with Gasteiger partial charge in [-0.15, -0.1) is 0 Å². The van der Waals surface area contributed by atoms with Crippen molar-refractivity contribution in [3.05, 3.63) is 33.7 Å². The molecule has 0 aromatic carbocycles. The van der Waals surface area contributed by atoms with Crippen LogP contribution >= 0.6 is 0 Å². The van der Waals surface area contributed by atoms with E-state index in [-0.39, 0.29) is 23.1 Å². The lowest BCUT2D eigenvalue weighted by atomic mass is 10.2. The maximum absolute atomic E-state index is 12.0. The number of nitriles is 1. The van der Waals surface area contributed by atoms with E-state index in [0.29, 0.717) is 12.1 Å². The second-order valence-corrected chi connectivity index (χ2v) is 6.46. The molecular weight excluding hydrogens is 240 g/mol. The fraction of sp³-hybridized carbons (Fsp3) is 0.455. The molecule has 17 heavy (non-hydrogen) atoms. The molecule has 0 aliphatic carbocycles. The SMILES string of the molecule is Cc1ccc(C#N)c(=O)n1C1CCS(=O)(=O)C1. The summed E-state index contributed by atoms with van der Waals surface area (Å²) in [7, 11) is -3.04. The van der Waals surface area contributed by atoms with Crippen molar-refractivity contribution in [2.75, 3.05) is 11.5 Å². The second-order valence-electron chi connectivity index (χ2n) is 4.23. The summed E-state index contributed by atoms with van der Waals surface area (Å²) in [6.07, 6.45) is 0.442. The maximum Gasteiger partial charge on any atom is 0.268 e. The summed E-state index contributed by atoms with van der Waals surface area (Å²) in [5, 5.41) is 8.80. The van der Waals surface area contributed by atoms with E-state index in [1.54, 1.807) is 13.0 Å². The minimum Gasteiger partial charge on any atom is -0.308 e. The Balaban J connectivity index is 2.54. The van der Waals surface area contributed by atoms with Gasteiger partial charge in [-0.3, -0.25) is 4.79 Å². The molecule has 0 amide bonds. The monoisotopic (exact) mass is 252 g/mol. The Labute approximate surface area is 99.2 Å². The van der Waals surface area contributed by atoms with Gasteiger partial charge in [-0.1, -0.05) is 0 Å². The van der Waals surface area contributed by atoms with Gasteiger partial charge in [0.15, 0.2) is 9.84 Å². The van der Waals surface area contributed by atoms with Crippen LogP contribution in [-0.4, -0.2) is 24.5 Å². The van der Waals surface area contributed by atoms with Crippen LogP contribution in [0.3, 0.4) is 0 Å². The van der Waals surface area contributed by atoms with Gasteiger partial charge in [-0.05, 0) is 25.5 Å². The van der Waals surface area contributed by atoms with Crippen molar-refractivity contribution in [1.82, 2.24) is 4.57 Å². The van der Waals surface area contributed by atoms with E-state index < -0.39 is 15.4 Å². The van der Waals surface area contributed by atoms with Crippen molar-refractivity contribution in [2.45, 2.75) is 19.4 Å². The van der Waals surface area contributed by atoms with E-state index in [4.69, 9.17) is 5.26 Å². The maximum atomic E-state index is 12.0. The second kappa shape index (κ2) is 4.00. The zero-order chi connectivity index (χ0) is 12.6. The summed E-state index contributed by atoms with van der Waals surface area (Å²) < 4.78 is 24.3. The molecule has 1 aromatic rings. The first kappa shape index (κ1) is 11.9. The van der Waals surface area contributed by atoms with Gasteiger partial charge in [0, 0.05) is 5.69 Å². The number of hydrogen-bond acceptors (Lipinski definition) is 4. The van der Waals surface area contributed by atoms with Gasteiger partial charge in [0.1, 0.15) is 11.6 Å². The molecule has 1 saturated heterocycles. The van der Waals surface area contributed by atoms with E-state index in [0.717, 1.165) is 0 Å². The van der Waals surface area contributed by atoms with Crippen LogP contribution in [0, 0.1) is 18.3 Å². The quantitative estimate of drug-likeness (QED) is 0.724. The largest absolute Gasteiger partial charge is 0.308 e. The summed E-state index contributed by atoms with van der Waals surface area (Å²) in [6.45, 7) is 1.74. The van der Waals surface area contributed by atoms with Gasteiger partial charge in [0.25, 0.3) is 5.56 Å². The van der Waals surface area contributed by atoms with Crippen LogP contribution in [0.2, 0.25) is 0 Å². The van der Waals surface area contributed by atoms with Crippen molar-refractivity contribution in [3.63, 3.8) is 0 Å². The average Bonchev–Trinajstić information content (AvgIpc) is 2.59. The van der Waals surface area contributed by atoms with Crippen LogP contribution < -0.4 is 5.56 Å². The molecule has 0 saturated carbocycles. The molecule has 1 unspecified atom stereocenters. The van der Waals surface area contributed by atoms with Crippen LogP contribution in [0.1, 0.15) is 23.7 Å². The van der Waals surface area contributed by atoms with Crippen LogP contribution in [0.15, 0.2) is 16.9 Å². The number of aromatic nitrogens is 1. The molecule has 1 aliphatic heterocycles. The van der Waals surface area contributed by atoms with Gasteiger partial charge in [0.2, 0.25) is 0 Å². The summed E-state index contributed by atoms with van der Waals surface area (Å²) in [6, 6.07) is 4.63. The van der Waals surface area contributed by atoms with Gasteiger partial charge in [-0.2, -0.15) is 5.26 Å². The molecular formula is C11H12N2O3S. The standard InChI is InChI=1S/C11H12N2O3S/c1-8-2-3-9(6-12)11(14)13(8)10-4-5-17(15,16)7-10/h2-3,10H,4-5,7H2,1H3. The highest BCUT2D eigenvalue weighted by Gasteiger charge is 2.30. The fourth-order valence-electron chi connectivity index (χ4n) is 2.16. The van der Waals surface area contributed by atoms with Crippen LogP contribution in [0.25, 0.3) is 0 Å². The van der Waals surface area contributed by atoms with Crippen molar-refractivity contribution < 1.29 is 8.42 Å². The van der Waals surface area contributed by atoms with Gasteiger partial charge in [-0.25, -0.2) is 8.42 Å². The zero-order valence-corrected chi connectivity index (χ0v) is 10.2. The molecule has 2 heterocycles. The Morgan fingerprint density at radius 3 is 2.71 bits per heavy atom. The topological polar surface area (TPSA) is 79.9 Å². The lowest BCUT2D eigenvalue weighted by Gasteiger charge is -2.15. The summed E-state index contributed by atoms with van der Waals surface area (Å²) >= 11 is 0. The third-order valence-corrected chi connectivity index (χ3v) is 4.76. The summed E-state index contributed by atoms with van der Waals surface area (Å²) in [5.41, 5.74) is 0.352. The van der Waals surface area contributed by atoms with Crippen molar-refractivity contribution in [3.8, 4) is 6.07 Å². The Morgan fingerprint density at radius 2 is 2.18 bits per heavy atom. The smallest absolute Gasteiger partial charge is 0.268 e. The number of hydrogen-bond donors (Lipinski definition) is 0. The van der Waals surface area contributed by atoms with E-state index in [1.165, 1.54) is 10.6 Å². The lowest BCUT2D eigenvalue weighted by Crippen LogP contribution is -2.29. The third-order valence-electron chi connectivity index (χ3n) is 3.01. The fourth-order valence-corrected chi connectivity index (χ4v) is 3.86. The van der Waals surface area contributed by atoms with E-state index >= 15 is 0 Å². The molecule has 1 fully saturated rings. The number of aryl methyl sites for hydroxylation is 1. The zero-order valence-electron chi connectivity index (χ0n) is 9.38. The first-order valence-electron chi connectivity index (χ1n) is 5.27. The first-order chi connectivity index (χ1) is 7.94. The Kier molecular flexibility index (Phi) is 2.79. The van der Waals surface area contributed by atoms with Crippen LogP contribution in [0.4, 0.5) is 0 Å².